The first-order chi connectivity index (χ1) is 8.13. The molecule has 0 fully saturated rings. The van der Waals surface area contributed by atoms with Crippen molar-refractivity contribution in [1.82, 2.24) is 4.90 Å². The van der Waals surface area contributed by atoms with E-state index in [0.29, 0.717) is 6.04 Å². The fraction of sp³-hybridized carbons (Fsp3) is 0.714. The standard InChI is InChI=1S/C14H26N2S/c1-5-7-16(8-6-2)14(10-15)13-9-11(3)17-12(13)4/h9,14H,5-8,10,15H2,1-4H3. The Morgan fingerprint density at radius 2 is 1.82 bits per heavy atom. The van der Waals surface area contributed by atoms with Crippen molar-refractivity contribution in [2.75, 3.05) is 19.6 Å². The number of aryl methyl sites for hydroxylation is 2. The molecule has 1 aromatic heterocycles. The average Bonchev–Trinajstić information content (AvgIpc) is 2.60. The molecular weight excluding hydrogens is 228 g/mol. The largest absolute Gasteiger partial charge is 0.329 e. The lowest BCUT2D eigenvalue weighted by Gasteiger charge is -2.30. The minimum atomic E-state index is 0.403. The number of hydrogen-bond donors (Lipinski definition) is 1. The summed E-state index contributed by atoms with van der Waals surface area (Å²) in [6.07, 6.45) is 2.39. The molecule has 1 atom stereocenters. The maximum atomic E-state index is 6.01. The normalized spacial score (nSPS) is 13.3. The predicted molar refractivity (Wildman–Crippen MR) is 77.7 cm³/mol. The highest BCUT2D eigenvalue weighted by atomic mass is 32.1. The highest BCUT2D eigenvalue weighted by Gasteiger charge is 2.20. The molecule has 17 heavy (non-hydrogen) atoms. The Hall–Kier alpha value is -0.380. The summed E-state index contributed by atoms with van der Waals surface area (Å²) in [4.78, 5) is 5.35. The summed E-state index contributed by atoms with van der Waals surface area (Å²) in [7, 11) is 0. The first-order valence-electron chi connectivity index (χ1n) is 6.65. The van der Waals surface area contributed by atoms with Gasteiger partial charge in [0.25, 0.3) is 0 Å². The van der Waals surface area contributed by atoms with Crippen LogP contribution in [-0.2, 0) is 0 Å². The van der Waals surface area contributed by atoms with Gasteiger partial charge in [0.15, 0.2) is 0 Å². The van der Waals surface area contributed by atoms with Crippen molar-refractivity contribution >= 4 is 11.3 Å². The first kappa shape index (κ1) is 14.7. The lowest BCUT2D eigenvalue weighted by molar-refractivity contribution is 0.202. The summed E-state index contributed by atoms with van der Waals surface area (Å²) in [5.74, 6) is 0. The lowest BCUT2D eigenvalue weighted by Crippen LogP contribution is -2.35. The molecule has 1 unspecified atom stereocenters. The second-order valence-electron chi connectivity index (χ2n) is 4.66. The van der Waals surface area contributed by atoms with Gasteiger partial charge >= 0.3 is 0 Å². The molecule has 1 heterocycles. The van der Waals surface area contributed by atoms with E-state index in [2.05, 4.69) is 38.7 Å². The highest BCUT2D eigenvalue weighted by Crippen LogP contribution is 2.29. The maximum Gasteiger partial charge on any atom is 0.0481 e. The Morgan fingerprint density at radius 1 is 1.24 bits per heavy atom. The molecule has 3 heteroatoms. The van der Waals surface area contributed by atoms with Crippen molar-refractivity contribution in [3.63, 3.8) is 0 Å². The quantitative estimate of drug-likeness (QED) is 0.807. The van der Waals surface area contributed by atoms with E-state index >= 15 is 0 Å². The summed E-state index contributed by atoms with van der Waals surface area (Å²) >= 11 is 1.88. The van der Waals surface area contributed by atoms with Gasteiger partial charge in [-0.05, 0) is 51.4 Å². The molecule has 0 radical (unpaired) electrons. The van der Waals surface area contributed by atoms with Gasteiger partial charge in [0.05, 0.1) is 0 Å². The Balaban J connectivity index is 2.90. The van der Waals surface area contributed by atoms with Gasteiger partial charge in [-0.2, -0.15) is 0 Å². The molecule has 1 aromatic rings. The van der Waals surface area contributed by atoms with E-state index in [1.165, 1.54) is 28.2 Å². The third kappa shape index (κ3) is 3.80. The zero-order valence-corrected chi connectivity index (χ0v) is 12.4. The van der Waals surface area contributed by atoms with Crippen molar-refractivity contribution in [3.05, 3.63) is 21.4 Å². The molecule has 0 aromatic carbocycles. The zero-order valence-electron chi connectivity index (χ0n) is 11.6. The van der Waals surface area contributed by atoms with Crippen molar-refractivity contribution in [3.8, 4) is 0 Å². The molecule has 0 saturated carbocycles. The summed E-state index contributed by atoms with van der Waals surface area (Å²) in [6, 6.07) is 2.72. The van der Waals surface area contributed by atoms with Crippen LogP contribution >= 0.6 is 11.3 Å². The van der Waals surface area contributed by atoms with Gasteiger partial charge in [-0.25, -0.2) is 0 Å². The third-order valence-corrected chi connectivity index (χ3v) is 4.11. The lowest BCUT2D eigenvalue weighted by atomic mass is 10.1. The van der Waals surface area contributed by atoms with Crippen LogP contribution in [0.4, 0.5) is 0 Å². The summed E-state index contributed by atoms with van der Waals surface area (Å²) in [5.41, 5.74) is 7.45. The monoisotopic (exact) mass is 254 g/mol. The molecule has 0 aliphatic carbocycles. The number of thiophene rings is 1. The Morgan fingerprint density at radius 3 is 2.18 bits per heavy atom. The smallest absolute Gasteiger partial charge is 0.0481 e. The van der Waals surface area contributed by atoms with E-state index in [9.17, 15) is 0 Å². The summed E-state index contributed by atoms with van der Waals surface area (Å²) in [5, 5.41) is 0. The van der Waals surface area contributed by atoms with E-state index in [1.54, 1.807) is 0 Å². The van der Waals surface area contributed by atoms with Crippen molar-refractivity contribution in [2.45, 2.75) is 46.6 Å². The second-order valence-corrected chi connectivity index (χ2v) is 6.12. The van der Waals surface area contributed by atoms with Crippen LogP contribution in [0.25, 0.3) is 0 Å². The van der Waals surface area contributed by atoms with Gasteiger partial charge in [-0.3, -0.25) is 4.90 Å². The van der Waals surface area contributed by atoms with Gasteiger partial charge in [-0.15, -0.1) is 11.3 Å². The number of nitrogens with zero attached hydrogens (tertiary/aromatic N) is 1. The number of rotatable bonds is 7. The third-order valence-electron chi connectivity index (χ3n) is 3.12. The summed E-state index contributed by atoms with van der Waals surface area (Å²) in [6.45, 7) is 11.9. The molecule has 1 rings (SSSR count). The van der Waals surface area contributed by atoms with Crippen LogP contribution in [0.2, 0.25) is 0 Å². The molecule has 2 nitrogen and oxygen atoms in total. The highest BCUT2D eigenvalue weighted by molar-refractivity contribution is 7.12. The van der Waals surface area contributed by atoms with Gasteiger partial charge in [0.1, 0.15) is 0 Å². The zero-order chi connectivity index (χ0) is 12.8. The van der Waals surface area contributed by atoms with Crippen molar-refractivity contribution < 1.29 is 0 Å². The number of nitrogens with two attached hydrogens (primary N) is 1. The summed E-state index contributed by atoms with van der Waals surface area (Å²) < 4.78 is 0. The molecule has 0 spiro atoms. The van der Waals surface area contributed by atoms with Crippen molar-refractivity contribution in [1.29, 1.82) is 0 Å². The molecule has 0 amide bonds. The van der Waals surface area contributed by atoms with Crippen LogP contribution in [0.15, 0.2) is 6.07 Å². The van der Waals surface area contributed by atoms with Gasteiger partial charge < -0.3 is 5.73 Å². The molecule has 0 aliphatic heterocycles. The van der Waals surface area contributed by atoms with Gasteiger partial charge in [0, 0.05) is 22.3 Å². The van der Waals surface area contributed by atoms with Gasteiger partial charge in [-0.1, -0.05) is 13.8 Å². The van der Waals surface area contributed by atoms with E-state index < -0.39 is 0 Å². The second kappa shape index (κ2) is 7.14. The average molecular weight is 254 g/mol. The fourth-order valence-electron chi connectivity index (χ4n) is 2.45. The fourth-order valence-corrected chi connectivity index (χ4v) is 3.43. The van der Waals surface area contributed by atoms with E-state index in [1.807, 2.05) is 11.3 Å². The molecule has 98 valence electrons. The maximum absolute atomic E-state index is 6.01. The minimum absolute atomic E-state index is 0.403. The van der Waals surface area contributed by atoms with Crippen LogP contribution in [-0.4, -0.2) is 24.5 Å². The first-order valence-corrected chi connectivity index (χ1v) is 7.46. The molecule has 2 N–H and O–H groups in total. The van der Waals surface area contributed by atoms with E-state index in [0.717, 1.165) is 19.6 Å². The molecule has 0 bridgehead atoms. The van der Waals surface area contributed by atoms with Gasteiger partial charge in [0.2, 0.25) is 0 Å². The van der Waals surface area contributed by atoms with Crippen LogP contribution in [0.1, 0.15) is 48.0 Å². The van der Waals surface area contributed by atoms with Crippen LogP contribution in [0, 0.1) is 13.8 Å². The van der Waals surface area contributed by atoms with E-state index in [4.69, 9.17) is 5.73 Å². The molecule has 0 saturated heterocycles. The molecule has 0 aliphatic rings. The van der Waals surface area contributed by atoms with Crippen LogP contribution < -0.4 is 5.73 Å². The molecular formula is C14H26N2S. The Bertz CT molecular complexity index is 327. The topological polar surface area (TPSA) is 29.3 Å². The Kier molecular flexibility index (Phi) is 6.17. The SMILES string of the molecule is CCCN(CCC)C(CN)c1cc(C)sc1C. The Labute approximate surface area is 110 Å². The van der Waals surface area contributed by atoms with Crippen molar-refractivity contribution in [2.24, 2.45) is 5.73 Å². The van der Waals surface area contributed by atoms with Crippen LogP contribution in [0.3, 0.4) is 0 Å². The van der Waals surface area contributed by atoms with Crippen LogP contribution in [0.5, 0.6) is 0 Å². The minimum Gasteiger partial charge on any atom is -0.329 e. The van der Waals surface area contributed by atoms with E-state index in [-0.39, 0.29) is 0 Å². The predicted octanol–water partition coefficient (Wildman–Crippen LogP) is 3.49. The number of hydrogen-bond acceptors (Lipinski definition) is 3.